The molecule has 0 unspecified atom stereocenters. The van der Waals surface area contributed by atoms with E-state index in [0.29, 0.717) is 37.4 Å². The minimum Gasteiger partial charge on any atom is -0.493 e. The molecule has 9 heteroatoms. The standard InChI is InChI=1S/C23H26N4O5/c1-31-19-11-15-10-18-22(29)26(23(30)27(18)14-16(15)12-20(19)32-2)9-5-7-21(28)25-13-17-6-3-4-8-24-17/h3-4,6,8,11-12,18H,5,7,9-10,13-14H2,1-2H3,(H,25,28)/t18-/m1/s1. The molecule has 3 heterocycles. The van der Waals surface area contributed by atoms with Crippen molar-refractivity contribution < 1.29 is 23.9 Å². The molecule has 2 aliphatic heterocycles. The predicted octanol–water partition coefficient (Wildman–Crippen LogP) is 1.88. The van der Waals surface area contributed by atoms with Crippen molar-refractivity contribution in [2.24, 2.45) is 0 Å². The first kappa shape index (κ1) is 21.6. The highest BCUT2D eigenvalue weighted by Crippen LogP contribution is 2.37. The van der Waals surface area contributed by atoms with Gasteiger partial charge in [0.05, 0.1) is 26.5 Å². The molecule has 0 bridgehead atoms. The van der Waals surface area contributed by atoms with E-state index in [0.717, 1.165) is 16.8 Å². The maximum absolute atomic E-state index is 12.9. The van der Waals surface area contributed by atoms with E-state index in [4.69, 9.17) is 9.47 Å². The van der Waals surface area contributed by atoms with Crippen LogP contribution in [0.4, 0.5) is 4.79 Å². The van der Waals surface area contributed by atoms with Gasteiger partial charge in [0.2, 0.25) is 5.91 Å². The number of imide groups is 1. The number of nitrogens with one attached hydrogen (secondary N) is 1. The summed E-state index contributed by atoms with van der Waals surface area (Å²) in [6.07, 6.45) is 2.73. The summed E-state index contributed by atoms with van der Waals surface area (Å²) >= 11 is 0. The second kappa shape index (κ2) is 9.25. The fraction of sp³-hybridized carbons (Fsp3) is 0.391. The quantitative estimate of drug-likeness (QED) is 0.632. The van der Waals surface area contributed by atoms with E-state index in [1.54, 1.807) is 25.3 Å². The molecule has 1 saturated heterocycles. The third kappa shape index (κ3) is 4.23. The summed E-state index contributed by atoms with van der Waals surface area (Å²) in [5, 5.41) is 2.81. The van der Waals surface area contributed by atoms with Crippen LogP contribution in [0.1, 0.15) is 29.7 Å². The van der Waals surface area contributed by atoms with E-state index in [2.05, 4.69) is 10.3 Å². The van der Waals surface area contributed by atoms with E-state index in [1.807, 2.05) is 30.3 Å². The van der Waals surface area contributed by atoms with Crippen molar-refractivity contribution in [3.8, 4) is 11.5 Å². The van der Waals surface area contributed by atoms with Gasteiger partial charge >= 0.3 is 6.03 Å². The first-order chi connectivity index (χ1) is 15.5. The fourth-order valence-corrected chi connectivity index (χ4v) is 4.15. The van der Waals surface area contributed by atoms with Crippen LogP contribution in [0.3, 0.4) is 0 Å². The van der Waals surface area contributed by atoms with Crippen molar-refractivity contribution in [1.29, 1.82) is 0 Å². The van der Waals surface area contributed by atoms with Gasteiger partial charge in [0.15, 0.2) is 11.5 Å². The molecule has 0 spiro atoms. The number of rotatable bonds is 8. The number of pyridine rings is 1. The minimum absolute atomic E-state index is 0.140. The zero-order valence-electron chi connectivity index (χ0n) is 18.2. The molecule has 168 valence electrons. The summed E-state index contributed by atoms with van der Waals surface area (Å²) in [4.78, 5) is 44.9. The van der Waals surface area contributed by atoms with E-state index < -0.39 is 6.04 Å². The highest BCUT2D eigenvalue weighted by molar-refractivity contribution is 6.04. The lowest BCUT2D eigenvalue weighted by atomic mass is 9.94. The molecule has 2 aliphatic rings. The minimum atomic E-state index is -0.522. The van der Waals surface area contributed by atoms with Crippen LogP contribution in [0, 0.1) is 0 Å². The number of carbonyl (C=O) groups excluding carboxylic acids is 3. The Kier molecular flexibility index (Phi) is 6.25. The molecule has 1 fully saturated rings. The number of hydrogen-bond acceptors (Lipinski definition) is 6. The van der Waals surface area contributed by atoms with E-state index >= 15 is 0 Å². The molecule has 4 amide bonds. The largest absolute Gasteiger partial charge is 0.493 e. The monoisotopic (exact) mass is 438 g/mol. The molecule has 1 N–H and O–H groups in total. The Morgan fingerprint density at radius 1 is 1.16 bits per heavy atom. The van der Waals surface area contributed by atoms with Gasteiger partial charge in [0, 0.05) is 32.1 Å². The lowest BCUT2D eigenvalue weighted by Gasteiger charge is -2.29. The molecule has 32 heavy (non-hydrogen) atoms. The fourth-order valence-electron chi connectivity index (χ4n) is 4.15. The summed E-state index contributed by atoms with van der Waals surface area (Å²) in [6.45, 7) is 0.902. The van der Waals surface area contributed by atoms with E-state index in [1.165, 1.54) is 4.90 Å². The summed E-state index contributed by atoms with van der Waals surface area (Å²) in [6, 6.07) is 8.41. The number of amides is 4. The zero-order valence-corrected chi connectivity index (χ0v) is 18.2. The van der Waals surface area contributed by atoms with Gasteiger partial charge in [-0.25, -0.2) is 4.79 Å². The number of fused-ring (bicyclic) bond motifs is 2. The van der Waals surface area contributed by atoms with Crippen LogP contribution in [0.5, 0.6) is 11.5 Å². The number of methoxy groups -OCH3 is 2. The highest BCUT2D eigenvalue weighted by atomic mass is 16.5. The summed E-state index contributed by atoms with van der Waals surface area (Å²) in [5.74, 6) is 0.838. The van der Waals surface area contributed by atoms with Crippen LogP contribution in [-0.2, 0) is 29.1 Å². The van der Waals surface area contributed by atoms with Crippen molar-refractivity contribution in [3.05, 3.63) is 53.3 Å². The number of nitrogens with zero attached hydrogens (tertiary/aromatic N) is 3. The number of aromatic nitrogens is 1. The van der Waals surface area contributed by atoms with Gasteiger partial charge in [0.25, 0.3) is 5.91 Å². The molecule has 9 nitrogen and oxygen atoms in total. The molecule has 0 radical (unpaired) electrons. The first-order valence-corrected chi connectivity index (χ1v) is 10.5. The van der Waals surface area contributed by atoms with Gasteiger partial charge in [-0.1, -0.05) is 6.07 Å². The Bertz CT molecular complexity index is 976. The zero-order chi connectivity index (χ0) is 22.7. The van der Waals surface area contributed by atoms with Gasteiger partial charge in [0.1, 0.15) is 6.04 Å². The topological polar surface area (TPSA) is 101 Å². The lowest BCUT2D eigenvalue weighted by molar-refractivity contribution is -0.129. The smallest absolute Gasteiger partial charge is 0.327 e. The van der Waals surface area contributed by atoms with E-state index in [9.17, 15) is 14.4 Å². The average molecular weight is 438 g/mol. The van der Waals surface area contributed by atoms with Crippen LogP contribution < -0.4 is 14.8 Å². The molecular formula is C23H26N4O5. The Morgan fingerprint density at radius 3 is 2.59 bits per heavy atom. The molecule has 1 atom stereocenters. The van der Waals surface area contributed by atoms with E-state index in [-0.39, 0.29) is 30.8 Å². The molecule has 4 rings (SSSR count). The van der Waals surface area contributed by atoms with Gasteiger partial charge in [-0.15, -0.1) is 0 Å². The normalized spacial score (nSPS) is 17.1. The van der Waals surface area contributed by atoms with Crippen molar-refractivity contribution >= 4 is 17.8 Å². The summed E-state index contributed by atoms with van der Waals surface area (Å²) in [5.41, 5.74) is 2.69. The van der Waals surface area contributed by atoms with Crippen LogP contribution in [0.25, 0.3) is 0 Å². The summed E-state index contributed by atoms with van der Waals surface area (Å²) in [7, 11) is 3.13. The lowest BCUT2D eigenvalue weighted by Crippen LogP contribution is -2.40. The maximum atomic E-state index is 12.9. The number of ether oxygens (including phenoxy) is 2. The molecule has 2 aromatic rings. The molecule has 0 aliphatic carbocycles. The van der Waals surface area contributed by atoms with Crippen LogP contribution in [0.15, 0.2) is 36.5 Å². The van der Waals surface area contributed by atoms with Gasteiger partial charge in [-0.3, -0.25) is 19.5 Å². The van der Waals surface area contributed by atoms with Gasteiger partial charge < -0.3 is 19.7 Å². The second-order valence-electron chi connectivity index (χ2n) is 7.80. The Labute approximate surface area is 186 Å². The van der Waals surface area contributed by atoms with Crippen molar-refractivity contribution in [1.82, 2.24) is 20.1 Å². The Morgan fingerprint density at radius 2 is 1.91 bits per heavy atom. The molecular weight excluding hydrogens is 412 g/mol. The summed E-state index contributed by atoms with van der Waals surface area (Å²) < 4.78 is 10.7. The SMILES string of the molecule is COc1cc2c(cc1OC)CN1C(=O)N(CCCC(=O)NCc3ccccn3)C(=O)[C@H]1C2. The average Bonchev–Trinajstić information content (AvgIpc) is 3.05. The molecule has 1 aromatic carbocycles. The van der Waals surface area contributed by atoms with Crippen LogP contribution >= 0.6 is 0 Å². The maximum Gasteiger partial charge on any atom is 0.327 e. The highest BCUT2D eigenvalue weighted by Gasteiger charge is 2.47. The van der Waals surface area contributed by atoms with Gasteiger partial charge in [-0.05, 0) is 41.8 Å². The van der Waals surface area contributed by atoms with Crippen LogP contribution in [-0.4, -0.2) is 59.4 Å². The molecule has 0 saturated carbocycles. The number of hydrogen-bond donors (Lipinski definition) is 1. The van der Waals surface area contributed by atoms with Crippen molar-refractivity contribution in [2.45, 2.75) is 38.4 Å². The second-order valence-corrected chi connectivity index (χ2v) is 7.80. The van der Waals surface area contributed by atoms with Crippen molar-refractivity contribution in [2.75, 3.05) is 20.8 Å². The number of carbonyl (C=O) groups is 3. The van der Waals surface area contributed by atoms with Gasteiger partial charge in [-0.2, -0.15) is 0 Å². The third-order valence-electron chi connectivity index (χ3n) is 5.84. The van der Waals surface area contributed by atoms with Crippen LogP contribution in [0.2, 0.25) is 0 Å². The van der Waals surface area contributed by atoms with Crippen molar-refractivity contribution in [3.63, 3.8) is 0 Å². The first-order valence-electron chi connectivity index (χ1n) is 10.5. The number of urea groups is 1. The Hall–Kier alpha value is -3.62. The predicted molar refractivity (Wildman–Crippen MR) is 115 cm³/mol. The third-order valence-corrected chi connectivity index (χ3v) is 5.84. The molecule has 1 aromatic heterocycles. The number of benzene rings is 1. The Balaban J connectivity index is 1.34.